The second-order valence-corrected chi connectivity index (χ2v) is 3.79. The van der Waals surface area contributed by atoms with Gasteiger partial charge in [0.2, 0.25) is 0 Å². The highest BCUT2D eigenvalue weighted by Crippen LogP contribution is 2.31. The molecule has 6 nitrogen and oxygen atoms in total. The molecule has 1 aliphatic rings. The molecule has 0 aromatic rings. The van der Waals surface area contributed by atoms with Gasteiger partial charge in [-0.2, -0.15) is 0 Å². The molecule has 1 saturated heterocycles. The molecular weight excluding hydrogens is 204 g/mol. The van der Waals surface area contributed by atoms with E-state index in [1.54, 1.807) is 0 Å². The topological polar surface area (TPSA) is 88.4 Å². The monoisotopic (exact) mass is 222 g/mol. The lowest BCUT2D eigenvalue weighted by Crippen LogP contribution is -2.66. The molecule has 3 N–H and O–H groups in total. The van der Waals surface area contributed by atoms with Gasteiger partial charge < -0.3 is 29.5 Å². The van der Waals surface area contributed by atoms with Gasteiger partial charge in [0.1, 0.15) is 23.9 Å². The summed E-state index contributed by atoms with van der Waals surface area (Å²) >= 11 is 0. The summed E-state index contributed by atoms with van der Waals surface area (Å²) in [7, 11) is 2.73. The fraction of sp³-hybridized carbons (Fsp3) is 1.00. The van der Waals surface area contributed by atoms with Gasteiger partial charge in [0.25, 0.3) is 0 Å². The molecule has 0 amide bonds. The summed E-state index contributed by atoms with van der Waals surface area (Å²) in [5, 5.41) is 28.9. The number of hydrogen-bond acceptors (Lipinski definition) is 6. The third-order valence-corrected chi connectivity index (χ3v) is 2.75. The smallest absolute Gasteiger partial charge is 0.186 e. The molecule has 5 atom stereocenters. The molecule has 1 heterocycles. The second kappa shape index (κ2) is 4.73. The van der Waals surface area contributed by atoms with E-state index in [2.05, 4.69) is 0 Å². The molecule has 0 bridgehead atoms. The van der Waals surface area contributed by atoms with Gasteiger partial charge in [0, 0.05) is 14.2 Å². The third-order valence-electron chi connectivity index (χ3n) is 2.75. The van der Waals surface area contributed by atoms with E-state index < -0.39 is 30.2 Å². The van der Waals surface area contributed by atoms with Gasteiger partial charge in [-0.3, -0.25) is 0 Å². The summed E-state index contributed by atoms with van der Waals surface area (Å²) in [6.07, 6.45) is -3.72. The maximum atomic E-state index is 10.1. The number of aliphatic hydroxyl groups excluding tert-OH is 2. The van der Waals surface area contributed by atoms with Crippen LogP contribution in [0.25, 0.3) is 0 Å². The average molecular weight is 222 g/mol. The number of methoxy groups -OCH3 is 2. The van der Waals surface area contributed by atoms with Crippen LogP contribution in [-0.4, -0.2) is 66.3 Å². The predicted molar refractivity (Wildman–Crippen MR) is 50.2 cm³/mol. The molecule has 0 aromatic carbocycles. The molecule has 1 rings (SSSR count). The van der Waals surface area contributed by atoms with Crippen molar-refractivity contribution < 1.29 is 29.5 Å². The van der Waals surface area contributed by atoms with Gasteiger partial charge in [0.05, 0.1) is 6.61 Å². The van der Waals surface area contributed by atoms with Gasteiger partial charge in [-0.15, -0.1) is 0 Å². The third kappa shape index (κ3) is 2.15. The van der Waals surface area contributed by atoms with Gasteiger partial charge >= 0.3 is 0 Å². The summed E-state index contributed by atoms with van der Waals surface area (Å²) in [5.41, 5.74) is -1.53. The van der Waals surface area contributed by atoms with Crippen molar-refractivity contribution >= 4 is 0 Å². The van der Waals surface area contributed by atoms with Crippen molar-refractivity contribution in [2.45, 2.75) is 37.1 Å². The highest BCUT2D eigenvalue weighted by molar-refractivity contribution is 4.99. The number of aliphatic hydroxyl groups is 3. The Bertz CT molecular complexity index is 207. The molecule has 0 aliphatic carbocycles. The van der Waals surface area contributed by atoms with E-state index in [-0.39, 0.29) is 6.61 Å². The minimum atomic E-state index is -1.53. The minimum absolute atomic E-state index is 0.318. The first-order valence-electron chi connectivity index (χ1n) is 4.71. The van der Waals surface area contributed by atoms with E-state index in [0.717, 1.165) is 0 Å². The van der Waals surface area contributed by atoms with E-state index in [1.165, 1.54) is 21.1 Å². The first-order valence-corrected chi connectivity index (χ1v) is 4.71. The quantitative estimate of drug-likeness (QED) is 0.537. The molecule has 6 heteroatoms. The molecule has 90 valence electrons. The summed E-state index contributed by atoms with van der Waals surface area (Å²) in [5.74, 6) is 0. The van der Waals surface area contributed by atoms with Crippen molar-refractivity contribution in [3.05, 3.63) is 0 Å². The summed E-state index contributed by atoms with van der Waals surface area (Å²) in [6, 6.07) is 0. The van der Waals surface area contributed by atoms with Gasteiger partial charge in [-0.25, -0.2) is 0 Å². The van der Waals surface area contributed by atoms with Crippen LogP contribution in [0, 0.1) is 0 Å². The Morgan fingerprint density at radius 1 is 1.33 bits per heavy atom. The molecule has 0 spiro atoms. The van der Waals surface area contributed by atoms with Crippen molar-refractivity contribution in [1.82, 2.24) is 0 Å². The summed E-state index contributed by atoms with van der Waals surface area (Å²) < 4.78 is 15.1. The average Bonchev–Trinajstić information content (AvgIpc) is 2.21. The maximum Gasteiger partial charge on any atom is 0.186 e. The molecule has 0 radical (unpaired) electrons. The molecule has 1 fully saturated rings. The second-order valence-electron chi connectivity index (χ2n) is 3.79. The largest absolute Gasteiger partial charge is 0.394 e. The highest BCUT2D eigenvalue weighted by atomic mass is 16.7. The lowest BCUT2D eigenvalue weighted by Gasteiger charge is -2.47. The normalized spacial score (nSPS) is 46.8. The van der Waals surface area contributed by atoms with Crippen LogP contribution in [0.2, 0.25) is 0 Å². The molecular formula is C9H18O6. The van der Waals surface area contributed by atoms with E-state index in [9.17, 15) is 10.2 Å². The zero-order valence-electron chi connectivity index (χ0n) is 9.08. The standard InChI is InChI=1S/C9H18O6/c1-9(12)6(11)8(14-3)15-5(4-10)7(9)13-2/h5-8,10-12H,4H2,1-3H3/t5?,6?,7-,8+,9?/m0/s1. The van der Waals surface area contributed by atoms with Gasteiger partial charge in [-0.05, 0) is 6.92 Å². The molecule has 1 aliphatic heterocycles. The van der Waals surface area contributed by atoms with Gasteiger partial charge in [-0.1, -0.05) is 0 Å². The van der Waals surface area contributed by atoms with Crippen molar-refractivity contribution in [1.29, 1.82) is 0 Å². The van der Waals surface area contributed by atoms with Gasteiger partial charge in [0.15, 0.2) is 6.29 Å². The molecule has 0 saturated carbocycles. The first-order chi connectivity index (χ1) is 6.98. The number of ether oxygens (including phenoxy) is 3. The maximum absolute atomic E-state index is 10.1. The Morgan fingerprint density at radius 2 is 1.93 bits per heavy atom. The summed E-state index contributed by atoms with van der Waals surface area (Å²) in [6.45, 7) is 1.10. The molecule has 0 aromatic heterocycles. The van der Waals surface area contributed by atoms with E-state index >= 15 is 0 Å². The number of rotatable bonds is 3. The predicted octanol–water partition coefficient (Wildman–Crippen LogP) is -1.52. The summed E-state index contributed by atoms with van der Waals surface area (Å²) in [4.78, 5) is 0. The Kier molecular flexibility index (Phi) is 4.05. The first kappa shape index (κ1) is 12.8. The van der Waals surface area contributed by atoms with Crippen LogP contribution < -0.4 is 0 Å². The SMILES string of the molecule is CO[C@@H]1OC(CO)[C@H](OC)C(C)(O)C1O. The molecule has 15 heavy (non-hydrogen) atoms. The van der Waals surface area contributed by atoms with Crippen molar-refractivity contribution in [2.24, 2.45) is 0 Å². The van der Waals surface area contributed by atoms with Crippen LogP contribution in [0.4, 0.5) is 0 Å². The van der Waals surface area contributed by atoms with Crippen LogP contribution in [-0.2, 0) is 14.2 Å². The van der Waals surface area contributed by atoms with E-state index in [0.29, 0.717) is 0 Å². The Morgan fingerprint density at radius 3 is 2.33 bits per heavy atom. The highest BCUT2D eigenvalue weighted by Gasteiger charge is 2.53. The fourth-order valence-electron chi connectivity index (χ4n) is 1.85. The molecule has 3 unspecified atom stereocenters. The fourth-order valence-corrected chi connectivity index (χ4v) is 1.85. The van der Waals surface area contributed by atoms with E-state index in [4.69, 9.17) is 19.3 Å². The Balaban J connectivity index is 2.89. The zero-order valence-corrected chi connectivity index (χ0v) is 9.08. The Hall–Kier alpha value is -0.240. The van der Waals surface area contributed by atoms with Crippen LogP contribution >= 0.6 is 0 Å². The lowest BCUT2D eigenvalue weighted by atomic mass is 9.86. The van der Waals surface area contributed by atoms with Crippen LogP contribution in [0.15, 0.2) is 0 Å². The van der Waals surface area contributed by atoms with Crippen LogP contribution in [0.1, 0.15) is 6.92 Å². The number of hydrogen-bond donors (Lipinski definition) is 3. The van der Waals surface area contributed by atoms with Crippen LogP contribution in [0.5, 0.6) is 0 Å². The van der Waals surface area contributed by atoms with Crippen LogP contribution in [0.3, 0.4) is 0 Å². The Labute approximate surface area is 88.4 Å². The van der Waals surface area contributed by atoms with Crippen molar-refractivity contribution in [2.75, 3.05) is 20.8 Å². The minimum Gasteiger partial charge on any atom is -0.394 e. The lowest BCUT2D eigenvalue weighted by molar-refractivity contribution is -0.326. The van der Waals surface area contributed by atoms with E-state index in [1.807, 2.05) is 0 Å². The van der Waals surface area contributed by atoms with Crippen molar-refractivity contribution in [3.8, 4) is 0 Å². The zero-order chi connectivity index (χ0) is 11.6. The van der Waals surface area contributed by atoms with Crippen molar-refractivity contribution in [3.63, 3.8) is 0 Å².